The van der Waals surface area contributed by atoms with Crippen molar-refractivity contribution in [3.8, 4) is 6.07 Å². The summed E-state index contributed by atoms with van der Waals surface area (Å²) in [5.74, 6) is 0.239. The van der Waals surface area contributed by atoms with Gasteiger partial charge in [-0.25, -0.2) is 9.97 Å². The Morgan fingerprint density at radius 2 is 2.11 bits per heavy atom. The molecule has 2 rings (SSSR count). The van der Waals surface area contributed by atoms with Crippen molar-refractivity contribution in [2.45, 2.75) is 23.8 Å². The zero-order valence-electron chi connectivity index (χ0n) is 10.6. The van der Waals surface area contributed by atoms with E-state index in [0.29, 0.717) is 10.7 Å². The topological polar surface area (TPSA) is 75.6 Å². The molecule has 0 unspecified atom stereocenters. The summed E-state index contributed by atoms with van der Waals surface area (Å²) in [4.78, 5) is 8.34. The lowest BCUT2D eigenvalue weighted by atomic mass is 10.1. The number of thioether (sulfide) groups is 1. The van der Waals surface area contributed by atoms with Gasteiger partial charge < -0.3 is 5.73 Å². The molecule has 1 aromatic heterocycles. The fraction of sp³-hybridized carbons (Fsp3) is 0.214. The number of nitrogen functional groups attached to an aromatic ring is 1. The third kappa shape index (κ3) is 3.24. The number of nitrogens with two attached hydrogens (primary N) is 1. The molecule has 2 aromatic rings. The Bertz CT molecular complexity index is 592. The number of hydrogen-bond acceptors (Lipinski definition) is 5. The van der Waals surface area contributed by atoms with E-state index in [1.54, 1.807) is 11.8 Å². The Morgan fingerprint density at radius 1 is 1.37 bits per heavy atom. The van der Waals surface area contributed by atoms with Gasteiger partial charge in [0.15, 0.2) is 5.16 Å². The van der Waals surface area contributed by atoms with Crippen LogP contribution < -0.4 is 5.73 Å². The molecule has 1 aromatic carbocycles. The number of anilines is 1. The van der Waals surface area contributed by atoms with Gasteiger partial charge in [-0.05, 0) is 12.0 Å². The molecule has 0 bridgehead atoms. The lowest BCUT2D eigenvalue weighted by molar-refractivity contribution is 0.876. The van der Waals surface area contributed by atoms with Crippen LogP contribution in [0, 0.1) is 11.3 Å². The molecule has 4 nitrogen and oxygen atoms in total. The van der Waals surface area contributed by atoms with E-state index in [9.17, 15) is 0 Å². The summed E-state index contributed by atoms with van der Waals surface area (Å²) in [5, 5.41) is 9.69. The molecule has 0 amide bonds. The molecule has 19 heavy (non-hydrogen) atoms. The van der Waals surface area contributed by atoms with Crippen molar-refractivity contribution in [3.63, 3.8) is 0 Å². The zero-order chi connectivity index (χ0) is 13.7. The normalized spacial score (nSPS) is 11.8. The molecule has 0 aliphatic carbocycles. The number of nitrogens with zero attached hydrogens (tertiary/aromatic N) is 3. The highest BCUT2D eigenvalue weighted by molar-refractivity contribution is 7.99. The average molecular weight is 270 g/mol. The van der Waals surface area contributed by atoms with Crippen LogP contribution in [0.3, 0.4) is 0 Å². The molecule has 0 aliphatic heterocycles. The maximum Gasteiger partial charge on any atom is 0.190 e. The second-order valence-corrected chi connectivity index (χ2v) is 5.16. The van der Waals surface area contributed by atoms with Gasteiger partial charge in [0.2, 0.25) is 0 Å². The quantitative estimate of drug-likeness (QED) is 0.682. The van der Waals surface area contributed by atoms with E-state index < -0.39 is 0 Å². The van der Waals surface area contributed by atoms with Gasteiger partial charge in [-0.3, -0.25) is 0 Å². The first-order valence-electron chi connectivity index (χ1n) is 5.98. The number of benzene rings is 1. The fourth-order valence-electron chi connectivity index (χ4n) is 1.70. The first kappa shape index (κ1) is 13.4. The molecular formula is C14H14N4S. The van der Waals surface area contributed by atoms with Crippen LogP contribution in [-0.2, 0) is 0 Å². The van der Waals surface area contributed by atoms with E-state index in [1.165, 1.54) is 11.8 Å². The van der Waals surface area contributed by atoms with Gasteiger partial charge in [0, 0.05) is 5.25 Å². The maximum atomic E-state index is 8.80. The van der Waals surface area contributed by atoms with Gasteiger partial charge in [-0.2, -0.15) is 5.26 Å². The number of rotatable bonds is 4. The molecule has 1 atom stereocenters. The maximum absolute atomic E-state index is 8.80. The number of aromatic nitrogens is 2. The summed E-state index contributed by atoms with van der Waals surface area (Å²) in [5.41, 5.74) is 7.26. The average Bonchev–Trinajstić information content (AvgIpc) is 2.46. The predicted octanol–water partition coefficient (Wildman–Crippen LogP) is 3.17. The second-order valence-electron chi connectivity index (χ2n) is 3.99. The molecule has 96 valence electrons. The number of nitriles is 1. The van der Waals surface area contributed by atoms with Crippen LogP contribution in [0.5, 0.6) is 0 Å². The van der Waals surface area contributed by atoms with E-state index in [2.05, 4.69) is 29.0 Å². The van der Waals surface area contributed by atoms with E-state index in [-0.39, 0.29) is 11.1 Å². The van der Waals surface area contributed by atoms with Gasteiger partial charge in [-0.1, -0.05) is 49.0 Å². The van der Waals surface area contributed by atoms with Crippen molar-refractivity contribution in [2.75, 3.05) is 5.73 Å². The van der Waals surface area contributed by atoms with Crippen molar-refractivity contribution >= 4 is 17.6 Å². The summed E-state index contributed by atoms with van der Waals surface area (Å²) in [6.07, 6.45) is 2.44. The Balaban J connectivity index is 2.20. The van der Waals surface area contributed by atoms with E-state index in [4.69, 9.17) is 11.0 Å². The monoisotopic (exact) mass is 270 g/mol. The van der Waals surface area contributed by atoms with Gasteiger partial charge in [0.1, 0.15) is 17.5 Å². The van der Waals surface area contributed by atoms with Crippen molar-refractivity contribution in [1.82, 2.24) is 9.97 Å². The van der Waals surface area contributed by atoms with Crippen LogP contribution in [-0.4, -0.2) is 9.97 Å². The summed E-state index contributed by atoms with van der Waals surface area (Å²) in [6.45, 7) is 2.12. The molecule has 0 spiro atoms. The lowest BCUT2D eigenvalue weighted by Crippen LogP contribution is -2.00. The van der Waals surface area contributed by atoms with Crippen LogP contribution in [0.1, 0.15) is 29.7 Å². The molecule has 0 fully saturated rings. The van der Waals surface area contributed by atoms with Crippen molar-refractivity contribution in [2.24, 2.45) is 0 Å². The highest BCUT2D eigenvalue weighted by Gasteiger charge is 2.13. The minimum absolute atomic E-state index is 0.239. The standard InChI is InChI=1S/C14H14N4S/c1-2-12(10-6-4-3-5-7-10)19-14-17-9-11(8-15)13(16)18-14/h3-7,9,12H,2H2,1H3,(H2,16,17,18)/t12-/m0/s1. The summed E-state index contributed by atoms with van der Waals surface area (Å²) >= 11 is 1.56. The van der Waals surface area contributed by atoms with Crippen molar-refractivity contribution in [1.29, 1.82) is 5.26 Å². The zero-order valence-corrected chi connectivity index (χ0v) is 11.4. The highest BCUT2D eigenvalue weighted by Crippen LogP contribution is 2.35. The molecule has 0 saturated carbocycles. The first-order chi connectivity index (χ1) is 9.24. The van der Waals surface area contributed by atoms with Gasteiger partial charge >= 0.3 is 0 Å². The molecule has 1 heterocycles. The van der Waals surface area contributed by atoms with Crippen molar-refractivity contribution in [3.05, 3.63) is 47.7 Å². The van der Waals surface area contributed by atoms with Crippen LogP contribution in [0.4, 0.5) is 5.82 Å². The third-order valence-electron chi connectivity index (χ3n) is 2.71. The summed E-state index contributed by atoms with van der Waals surface area (Å²) in [7, 11) is 0. The molecular weight excluding hydrogens is 256 g/mol. The minimum Gasteiger partial charge on any atom is -0.382 e. The van der Waals surface area contributed by atoms with Crippen LogP contribution in [0.15, 0.2) is 41.7 Å². The molecule has 5 heteroatoms. The van der Waals surface area contributed by atoms with E-state index >= 15 is 0 Å². The fourth-order valence-corrected chi connectivity index (χ4v) is 2.68. The van der Waals surface area contributed by atoms with Crippen LogP contribution >= 0.6 is 11.8 Å². The molecule has 0 aliphatic rings. The first-order valence-corrected chi connectivity index (χ1v) is 6.86. The highest BCUT2D eigenvalue weighted by atomic mass is 32.2. The Labute approximate surface area is 116 Å². The summed E-state index contributed by atoms with van der Waals surface area (Å²) < 4.78 is 0. The molecule has 2 N–H and O–H groups in total. The Kier molecular flexibility index (Phi) is 4.37. The van der Waals surface area contributed by atoms with Gasteiger partial charge in [-0.15, -0.1) is 0 Å². The number of hydrogen-bond donors (Lipinski definition) is 1. The summed E-state index contributed by atoms with van der Waals surface area (Å²) in [6, 6.07) is 12.2. The minimum atomic E-state index is 0.239. The van der Waals surface area contributed by atoms with Crippen LogP contribution in [0.2, 0.25) is 0 Å². The smallest absolute Gasteiger partial charge is 0.190 e. The molecule has 0 radical (unpaired) electrons. The van der Waals surface area contributed by atoms with E-state index in [1.807, 2.05) is 24.3 Å². The Hall–Kier alpha value is -2.06. The van der Waals surface area contributed by atoms with Gasteiger partial charge in [0.25, 0.3) is 0 Å². The SMILES string of the molecule is CC[C@H](Sc1ncc(C#N)c(N)n1)c1ccccc1. The van der Waals surface area contributed by atoms with E-state index in [0.717, 1.165) is 6.42 Å². The van der Waals surface area contributed by atoms with Crippen molar-refractivity contribution < 1.29 is 0 Å². The third-order valence-corrected chi connectivity index (χ3v) is 4.00. The Morgan fingerprint density at radius 3 is 2.68 bits per heavy atom. The van der Waals surface area contributed by atoms with Gasteiger partial charge in [0.05, 0.1) is 6.20 Å². The molecule has 0 saturated heterocycles. The second kappa shape index (κ2) is 6.21. The lowest BCUT2D eigenvalue weighted by Gasteiger charge is -2.13. The largest absolute Gasteiger partial charge is 0.382 e. The van der Waals surface area contributed by atoms with Crippen LogP contribution in [0.25, 0.3) is 0 Å². The predicted molar refractivity (Wildman–Crippen MR) is 76.5 cm³/mol.